The lowest BCUT2D eigenvalue weighted by atomic mass is 10.2. The molecule has 0 spiro atoms. The Kier molecular flexibility index (Phi) is 3.65. The molecular weight excluding hydrogens is 296 g/mol. The smallest absolute Gasteiger partial charge is 0.335 e. The van der Waals surface area contributed by atoms with Gasteiger partial charge in [0.05, 0.1) is 30.8 Å². The average molecular weight is 312 g/mol. The van der Waals surface area contributed by atoms with Crippen LogP contribution in [-0.2, 0) is 7.05 Å². The van der Waals surface area contributed by atoms with Gasteiger partial charge in [-0.3, -0.25) is 9.36 Å². The lowest BCUT2D eigenvalue weighted by Gasteiger charge is -2.13. The number of methoxy groups -OCH3 is 2. The fraction of sp³-hybridized carbons (Fsp3) is 0.176. The van der Waals surface area contributed by atoms with Crippen LogP contribution in [-0.4, -0.2) is 23.4 Å². The number of benzene rings is 2. The monoisotopic (exact) mass is 312 g/mol. The van der Waals surface area contributed by atoms with E-state index >= 15 is 0 Å². The van der Waals surface area contributed by atoms with Crippen LogP contribution in [0.5, 0.6) is 11.5 Å². The van der Waals surface area contributed by atoms with Crippen LogP contribution >= 0.6 is 0 Å². The molecule has 2 aromatic carbocycles. The predicted octanol–water partition coefficient (Wildman–Crippen LogP) is 1.71. The highest BCUT2D eigenvalue weighted by Gasteiger charge is 2.16. The Hall–Kier alpha value is -3.02. The first-order chi connectivity index (χ1) is 11.1. The predicted molar refractivity (Wildman–Crippen MR) is 87.9 cm³/mol. The Morgan fingerprint density at radius 1 is 0.913 bits per heavy atom. The Labute approximate surface area is 132 Å². The van der Waals surface area contributed by atoms with E-state index in [9.17, 15) is 9.59 Å². The molecule has 23 heavy (non-hydrogen) atoms. The van der Waals surface area contributed by atoms with Crippen LogP contribution in [0.15, 0.2) is 52.1 Å². The molecule has 0 radical (unpaired) electrons. The van der Waals surface area contributed by atoms with Gasteiger partial charge in [-0.05, 0) is 18.2 Å². The average Bonchev–Trinajstić information content (AvgIpc) is 2.59. The Bertz CT molecular complexity index is 987. The molecule has 0 saturated carbocycles. The second kappa shape index (κ2) is 5.64. The molecule has 0 fully saturated rings. The van der Waals surface area contributed by atoms with E-state index in [1.165, 1.54) is 18.8 Å². The van der Waals surface area contributed by atoms with Crippen LogP contribution in [0, 0.1) is 0 Å². The first-order valence-corrected chi connectivity index (χ1v) is 7.01. The zero-order valence-electron chi connectivity index (χ0n) is 13.1. The van der Waals surface area contributed by atoms with Crippen LogP contribution in [0.1, 0.15) is 0 Å². The van der Waals surface area contributed by atoms with Gasteiger partial charge in [-0.2, -0.15) is 0 Å². The van der Waals surface area contributed by atoms with Crippen molar-refractivity contribution in [1.82, 2.24) is 9.13 Å². The van der Waals surface area contributed by atoms with Gasteiger partial charge in [0.15, 0.2) is 11.5 Å². The van der Waals surface area contributed by atoms with Gasteiger partial charge in [0, 0.05) is 13.1 Å². The van der Waals surface area contributed by atoms with E-state index in [0.717, 1.165) is 4.57 Å². The van der Waals surface area contributed by atoms with Crippen molar-refractivity contribution >= 4 is 10.9 Å². The van der Waals surface area contributed by atoms with Crippen LogP contribution in [0.4, 0.5) is 0 Å². The third-order valence-electron chi connectivity index (χ3n) is 3.79. The van der Waals surface area contributed by atoms with E-state index in [4.69, 9.17) is 9.47 Å². The molecular formula is C17H16N2O4. The lowest BCUT2D eigenvalue weighted by Crippen LogP contribution is -2.37. The molecule has 3 aromatic rings. The summed E-state index contributed by atoms with van der Waals surface area (Å²) in [6, 6.07) is 12.0. The number of ether oxygens (including phenoxy) is 2. The number of aryl methyl sites for hydroxylation is 1. The van der Waals surface area contributed by atoms with E-state index in [0.29, 0.717) is 28.1 Å². The molecule has 3 rings (SSSR count). The van der Waals surface area contributed by atoms with Gasteiger partial charge in [-0.15, -0.1) is 0 Å². The Morgan fingerprint density at radius 2 is 1.52 bits per heavy atom. The number of para-hydroxylation sites is 1. The largest absolute Gasteiger partial charge is 0.493 e. The summed E-state index contributed by atoms with van der Waals surface area (Å²) in [5.74, 6) is 0.905. The summed E-state index contributed by atoms with van der Waals surface area (Å²) in [4.78, 5) is 25.4. The van der Waals surface area contributed by atoms with Crippen molar-refractivity contribution in [3.63, 3.8) is 0 Å². The first kappa shape index (κ1) is 14.9. The molecule has 0 N–H and O–H groups in total. The fourth-order valence-corrected chi connectivity index (χ4v) is 2.58. The van der Waals surface area contributed by atoms with Crippen molar-refractivity contribution < 1.29 is 9.47 Å². The van der Waals surface area contributed by atoms with Gasteiger partial charge in [0.1, 0.15) is 0 Å². The van der Waals surface area contributed by atoms with Crippen molar-refractivity contribution in [1.29, 1.82) is 0 Å². The minimum absolute atomic E-state index is 0.383. The quantitative estimate of drug-likeness (QED) is 0.738. The second-order valence-electron chi connectivity index (χ2n) is 5.04. The number of aromatic nitrogens is 2. The summed E-state index contributed by atoms with van der Waals surface area (Å²) >= 11 is 0. The third-order valence-corrected chi connectivity index (χ3v) is 3.79. The summed E-state index contributed by atoms with van der Waals surface area (Å²) < 4.78 is 13.1. The minimum Gasteiger partial charge on any atom is -0.493 e. The molecule has 0 aliphatic carbocycles. The molecule has 6 heteroatoms. The van der Waals surface area contributed by atoms with Crippen LogP contribution < -0.4 is 20.7 Å². The molecule has 0 bridgehead atoms. The van der Waals surface area contributed by atoms with E-state index in [2.05, 4.69) is 0 Å². The van der Waals surface area contributed by atoms with E-state index in [1.807, 2.05) is 6.07 Å². The molecule has 1 heterocycles. The van der Waals surface area contributed by atoms with Gasteiger partial charge in [-0.1, -0.05) is 18.2 Å². The van der Waals surface area contributed by atoms with Gasteiger partial charge in [0.2, 0.25) is 0 Å². The maximum absolute atomic E-state index is 12.8. The summed E-state index contributed by atoms with van der Waals surface area (Å²) in [7, 11) is 4.63. The molecule has 0 amide bonds. The molecule has 0 saturated heterocycles. The molecule has 6 nitrogen and oxygen atoms in total. The number of fused-ring (bicyclic) bond motifs is 1. The Balaban J connectivity index is 2.46. The number of hydrogen-bond acceptors (Lipinski definition) is 4. The summed E-state index contributed by atoms with van der Waals surface area (Å²) in [5, 5.41) is 0.383. The maximum atomic E-state index is 12.8. The zero-order valence-corrected chi connectivity index (χ0v) is 13.1. The topological polar surface area (TPSA) is 62.5 Å². The SMILES string of the molecule is COc1cc2c(=O)n(-c3ccccc3)c(=O)n(C)c2cc1OC. The van der Waals surface area contributed by atoms with Crippen molar-refractivity contribution in [2.24, 2.45) is 7.05 Å². The minimum atomic E-state index is -0.416. The molecule has 0 atom stereocenters. The van der Waals surface area contributed by atoms with Crippen molar-refractivity contribution in [2.45, 2.75) is 0 Å². The highest BCUT2D eigenvalue weighted by molar-refractivity contribution is 5.82. The lowest BCUT2D eigenvalue weighted by molar-refractivity contribution is 0.355. The van der Waals surface area contributed by atoms with Gasteiger partial charge >= 0.3 is 5.69 Å². The number of rotatable bonds is 3. The van der Waals surface area contributed by atoms with Crippen molar-refractivity contribution in [2.75, 3.05) is 14.2 Å². The Morgan fingerprint density at radius 3 is 2.13 bits per heavy atom. The van der Waals surface area contributed by atoms with Gasteiger partial charge < -0.3 is 9.47 Å². The van der Waals surface area contributed by atoms with E-state index in [1.54, 1.807) is 43.4 Å². The van der Waals surface area contributed by atoms with Crippen LogP contribution in [0.3, 0.4) is 0 Å². The molecule has 0 unspecified atom stereocenters. The van der Waals surface area contributed by atoms with E-state index < -0.39 is 11.2 Å². The molecule has 0 aliphatic rings. The second-order valence-corrected chi connectivity index (χ2v) is 5.04. The van der Waals surface area contributed by atoms with Gasteiger partial charge in [0.25, 0.3) is 5.56 Å². The highest BCUT2D eigenvalue weighted by Crippen LogP contribution is 2.30. The zero-order chi connectivity index (χ0) is 16.6. The van der Waals surface area contributed by atoms with Crippen molar-refractivity contribution in [3.05, 3.63) is 63.3 Å². The molecule has 118 valence electrons. The molecule has 1 aromatic heterocycles. The fourth-order valence-electron chi connectivity index (χ4n) is 2.58. The summed E-state index contributed by atoms with van der Waals surface area (Å²) in [6.07, 6.45) is 0. The van der Waals surface area contributed by atoms with Gasteiger partial charge in [-0.25, -0.2) is 9.36 Å². The van der Waals surface area contributed by atoms with Crippen molar-refractivity contribution in [3.8, 4) is 17.2 Å². The van der Waals surface area contributed by atoms with Crippen LogP contribution in [0.25, 0.3) is 16.6 Å². The number of hydrogen-bond donors (Lipinski definition) is 0. The molecule has 0 aliphatic heterocycles. The maximum Gasteiger partial charge on any atom is 0.335 e. The summed E-state index contributed by atoms with van der Waals surface area (Å²) in [6.45, 7) is 0. The highest BCUT2D eigenvalue weighted by atomic mass is 16.5. The summed E-state index contributed by atoms with van der Waals surface area (Å²) in [5.41, 5.74) is 0.204. The normalized spacial score (nSPS) is 10.7. The standard InChI is InChI=1S/C17H16N2O4/c1-18-13-10-15(23-3)14(22-2)9-12(13)16(20)19(17(18)21)11-7-5-4-6-8-11/h4-10H,1-3H3. The van der Waals surface area contributed by atoms with E-state index in [-0.39, 0.29) is 0 Å². The number of nitrogens with zero attached hydrogens (tertiary/aromatic N) is 2. The first-order valence-electron chi connectivity index (χ1n) is 7.01. The van der Waals surface area contributed by atoms with Crippen LogP contribution in [0.2, 0.25) is 0 Å². The third kappa shape index (κ3) is 2.28.